The van der Waals surface area contributed by atoms with Crippen LogP contribution in [0.3, 0.4) is 0 Å². The lowest BCUT2D eigenvalue weighted by atomic mass is 10.1. The SMILES string of the molecule is Cc1cnc(C(C)(C)NC(=O)c2ccc(CN)cc2)s1.Cl.Cl. The van der Waals surface area contributed by atoms with Crippen LogP contribution in [0.2, 0.25) is 0 Å². The van der Waals surface area contributed by atoms with Gasteiger partial charge in [-0.05, 0) is 38.5 Å². The van der Waals surface area contributed by atoms with Crippen molar-refractivity contribution in [2.24, 2.45) is 5.73 Å². The van der Waals surface area contributed by atoms with Crippen LogP contribution in [0.15, 0.2) is 30.5 Å². The largest absolute Gasteiger partial charge is 0.341 e. The molecule has 1 amide bonds. The van der Waals surface area contributed by atoms with Crippen LogP contribution in [-0.4, -0.2) is 10.9 Å². The minimum absolute atomic E-state index is 0. The average molecular weight is 362 g/mol. The van der Waals surface area contributed by atoms with E-state index < -0.39 is 5.54 Å². The van der Waals surface area contributed by atoms with Gasteiger partial charge >= 0.3 is 0 Å². The van der Waals surface area contributed by atoms with E-state index in [-0.39, 0.29) is 30.7 Å². The van der Waals surface area contributed by atoms with E-state index in [4.69, 9.17) is 5.73 Å². The average Bonchev–Trinajstić information content (AvgIpc) is 2.86. The third-order valence-corrected chi connectivity index (χ3v) is 4.27. The zero-order valence-corrected chi connectivity index (χ0v) is 15.2. The maximum Gasteiger partial charge on any atom is 0.252 e. The van der Waals surface area contributed by atoms with Crippen molar-refractivity contribution in [2.45, 2.75) is 32.9 Å². The van der Waals surface area contributed by atoms with E-state index in [0.29, 0.717) is 12.1 Å². The molecule has 0 radical (unpaired) electrons. The predicted molar refractivity (Wildman–Crippen MR) is 96.2 cm³/mol. The Morgan fingerprint density at radius 3 is 2.32 bits per heavy atom. The Morgan fingerprint density at radius 1 is 1.27 bits per heavy atom. The van der Waals surface area contributed by atoms with Gasteiger partial charge in [-0.25, -0.2) is 4.98 Å². The lowest BCUT2D eigenvalue weighted by Crippen LogP contribution is -2.40. The van der Waals surface area contributed by atoms with Crippen molar-refractivity contribution in [1.29, 1.82) is 0 Å². The topological polar surface area (TPSA) is 68.0 Å². The summed E-state index contributed by atoms with van der Waals surface area (Å²) in [5.74, 6) is -0.105. The molecule has 0 atom stereocenters. The second-order valence-corrected chi connectivity index (χ2v) is 6.49. The quantitative estimate of drug-likeness (QED) is 0.876. The molecule has 1 aromatic carbocycles. The van der Waals surface area contributed by atoms with Gasteiger partial charge in [0.2, 0.25) is 0 Å². The third-order valence-electron chi connectivity index (χ3n) is 3.03. The molecule has 0 saturated heterocycles. The molecule has 2 rings (SSSR count). The van der Waals surface area contributed by atoms with Crippen LogP contribution in [0.5, 0.6) is 0 Å². The van der Waals surface area contributed by atoms with E-state index in [0.717, 1.165) is 15.4 Å². The molecule has 0 bridgehead atoms. The van der Waals surface area contributed by atoms with Gasteiger partial charge in [-0.2, -0.15) is 0 Å². The number of thiazole rings is 1. The molecule has 22 heavy (non-hydrogen) atoms. The van der Waals surface area contributed by atoms with Crippen molar-refractivity contribution in [2.75, 3.05) is 0 Å². The van der Waals surface area contributed by atoms with Crippen LogP contribution in [0.1, 0.15) is 39.7 Å². The van der Waals surface area contributed by atoms with E-state index in [1.54, 1.807) is 23.5 Å². The molecule has 2 aromatic rings. The van der Waals surface area contributed by atoms with Gasteiger partial charge in [-0.15, -0.1) is 36.2 Å². The Hall–Kier alpha value is -1.14. The summed E-state index contributed by atoms with van der Waals surface area (Å²) in [7, 11) is 0. The summed E-state index contributed by atoms with van der Waals surface area (Å²) in [5, 5.41) is 3.92. The second-order valence-electron chi connectivity index (χ2n) is 5.26. The Balaban J connectivity index is 0.00000220. The van der Waals surface area contributed by atoms with Crippen LogP contribution in [-0.2, 0) is 12.1 Å². The van der Waals surface area contributed by atoms with Gasteiger partial charge in [0, 0.05) is 23.2 Å². The standard InChI is InChI=1S/C15H19N3OS.2ClH/c1-10-9-17-14(20-10)15(2,3)18-13(19)12-6-4-11(8-16)5-7-12;;/h4-7,9H,8,16H2,1-3H3,(H,18,19);2*1H. The molecule has 1 heterocycles. The van der Waals surface area contributed by atoms with Crippen molar-refractivity contribution >= 4 is 42.1 Å². The van der Waals surface area contributed by atoms with Gasteiger partial charge < -0.3 is 11.1 Å². The lowest BCUT2D eigenvalue weighted by Gasteiger charge is -2.23. The minimum Gasteiger partial charge on any atom is -0.341 e. The smallest absolute Gasteiger partial charge is 0.252 e. The van der Waals surface area contributed by atoms with Crippen molar-refractivity contribution in [1.82, 2.24) is 10.3 Å². The number of hydrogen-bond acceptors (Lipinski definition) is 4. The Kier molecular flexibility index (Phi) is 8.04. The predicted octanol–water partition coefficient (Wildman–Crippen LogP) is 3.42. The summed E-state index contributed by atoms with van der Waals surface area (Å²) in [5.41, 5.74) is 6.70. The lowest BCUT2D eigenvalue weighted by molar-refractivity contribution is 0.0912. The molecule has 0 unspecified atom stereocenters. The molecule has 4 nitrogen and oxygen atoms in total. The van der Waals surface area contributed by atoms with Gasteiger partial charge in [0.05, 0.1) is 5.54 Å². The highest BCUT2D eigenvalue weighted by Crippen LogP contribution is 2.25. The van der Waals surface area contributed by atoms with Gasteiger partial charge in [-0.3, -0.25) is 4.79 Å². The Bertz CT molecular complexity index is 612. The first kappa shape index (κ1) is 20.9. The summed E-state index contributed by atoms with van der Waals surface area (Å²) in [6.45, 7) is 6.39. The fraction of sp³-hybridized carbons (Fsp3) is 0.333. The number of nitrogens with zero attached hydrogens (tertiary/aromatic N) is 1. The zero-order valence-electron chi connectivity index (χ0n) is 12.8. The normalized spacial score (nSPS) is 10.4. The van der Waals surface area contributed by atoms with E-state index >= 15 is 0 Å². The van der Waals surface area contributed by atoms with Crippen LogP contribution < -0.4 is 11.1 Å². The van der Waals surface area contributed by atoms with Gasteiger partial charge in [0.1, 0.15) is 5.01 Å². The number of halogens is 2. The number of amides is 1. The van der Waals surface area contributed by atoms with Gasteiger partial charge in [0.25, 0.3) is 5.91 Å². The summed E-state index contributed by atoms with van der Waals surface area (Å²) >= 11 is 1.60. The molecular formula is C15H21Cl2N3OS. The molecule has 0 spiro atoms. The second kappa shape index (κ2) is 8.48. The van der Waals surface area contributed by atoms with Gasteiger partial charge in [0.15, 0.2) is 0 Å². The highest BCUT2D eigenvalue weighted by molar-refractivity contribution is 7.11. The molecule has 0 aliphatic carbocycles. The minimum atomic E-state index is -0.484. The van der Waals surface area contributed by atoms with E-state index in [2.05, 4.69) is 10.3 Å². The van der Waals surface area contributed by atoms with Crippen LogP contribution in [0, 0.1) is 6.92 Å². The molecule has 0 saturated carbocycles. The number of nitrogens with one attached hydrogen (secondary N) is 1. The number of carbonyl (C=O) groups excluding carboxylic acids is 1. The van der Waals surface area contributed by atoms with Crippen molar-refractivity contribution in [3.63, 3.8) is 0 Å². The fourth-order valence-corrected chi connectivity index (χ4v) is 2.67. The molecule has 7 heteroatoms. The molecule has 0 aliphatic heterocycles. The van der Waals surface area contributed by atoms with Crippen LogP contribution in [0.25, 0.3) is 0 Å². The van der Waals surface area contributed by atoms with Crippen molar-refractivity contribution < 1.29 is 4.79 Å². The summed E-state index contributed by atoms with van der Waals surface area (Å²) in [4.78, 5) is 17.8. The number of aryl methyl sites for hydroxylation is 1. The molecule has 1 aromatic heterocycles. The van der Waals surface area contributed by atoms with E-state index in [9.17, 15) is 4.79 Å². The van der Waals surface area contributed by atoms with E-state index in [1.165, 1.54) is 0 Å². The number of benzene rings is 1. The fourth-order valence-electron chi connectivity index (χ4n) is 1.85. The monoisotopic (exact) mass is 361 g/mol. The molecule has 0 aliphatic rings. The third kappa shape index (κ3) is 4.95. The summed E-state index contributed by atoms with van der Waals surface area (Å²) < 4.78 is 0. The van der Waals surface area contributed by atoms with E-state index in [1.807, 2.05) is 39.1 Å². The first-order valence-electron chi connectivity index (χ1n) is 6.47. The zero-order chi connectivity index (χ0) is 14.8. The number of hydrogen-bond donors (Lipinski definition) is 2. The highest BCUT2D eigenvalue weighted by atomic mass is 35.5. The summed E-state index contributed by atoms with van der Waals surface area (Å²) in [6.07, 6.45) is 1.82. The number of rotatable bonds is 4. The maximum atomic E-state index is 12.3. The van der Waals surface area contributed by atoms with Crippen molar-refractivity contribution in [3.05, 3.63) is 51.5 Å². The van der Waals surface area contributed by atoms with Gasteiger partial charge in [-0.1, -0.05) is 12.1 Å². The molecule has 3 N–H and O–H groups in total. The maximum absolute atomic E-state index is 12.3. The first-order chi connectivity index (χ1) is 9.42. The van der Waals surface area contributed by atoms with Crippen LogP contribution >= 0.6 is 36.2 Å². The van der Waals surface area contributed by atoms with Crippen molar-refractivity contribution in [3.8, 4) is 0 Å². The Morgan fingerprint density at radius 2 is 1.86 bits per heavy atom. The first-order valence-corrected chi connectivity index (χ1v) is 7.28. The molecule has 0 fully saturated rings. The summed E-state index contributed by atoms with van der Waals surface area (Å²) in [6, 6.07) is 7.33. The number of nitrogens with two attached hydrogens (primary N) is 1. The molecular weight excluding hydrogens is 341 g/mol. The molecule has 122 valence electrons. The highest BCUT2D eigenvalue weighted by Gasteiger charge is 2.26. The number of carbonyl (C=O) groups is 1. The Labute approximate surface area is 147 Å². The number of aromatic nitrogens is 1. The van der Waals surface area contributed by atoms with Crippen LogP contribution in [0.4, 0.5) is 0 Å².